The SMILES string of the molecule is OC(C#CC(O)(c1ccc(F)cc1)c1ccc(F)cc1)c1ccccc1. The summed E-state index contributed by atoms with van der Waals surface area (Å²) in [6.45, 7) is 0. The van der Waals surface area contributed by atoms with Crippen LogP contribution in [0.1, 0.15) is 22.8 Å². The minimum atomic E-state index is -1.82. The zero-order chi connectivity index (χ0) is 18.6. The summed E-state index contributed by atoms with van der Waals surface area (Å²) >= 11 is 0. The highest BCUT2D eigenvalue weighted by Crippen LogP contribution is 2.30. The molecule has 4 heteroatoms. The van der Waals surface area contributed by atoms with E-state index in [2.05, 4.69) is 11.8 Å². The first-order valence-corrected chi connectivity index (χ1v) is 7.99. The first-order valence-electron chi connectivity index (χ1n) is 7.99. The van der Waals surface area contributed by atoms with Crippen LogP contribution in [0, 0.1) is 23.5 Å². The maximum atomic E-state index is 13.3. The van der Waals surface area contributed by atoms with Crippen molar-refractivity contribution >= 4 is 0 Å². The molecule has 1 atom stereocenters. The minimum Gasteiger partial charge on any atom is -0.376 e. The van der Waals surface area contributed by atoms with Gasteiger partial charge >= 0.3 is 0 Å². The molecule has 0 aliphatic carbocycles. The van der Waals surface area contributed by atoms with E-state index in [9.17, 15) is 19.0 Å². The minimum absolute atomic E-state index is 0.318. The Morgan fingerprint density at radius 2 is 1.19 bits per heavy atom. The lowest BCUT2D eigenvalue weighted by atomic mass is 9.86. The van der Waals surface area contributed by atoms with Gasteiger partial charge in [0.25, 0.3) is 0 Å². The second-order valence-corrected chi connectivity index (χ2v) is 5.81. The zero-order valence-corrected chi connectivity index (χ0v) is 13.7. The van der Waals surface area contributed by atoms with Gasteiger partial charge in [-0.05, 0) is 29.8 Å². The number of rotatable bonds is 3. The Morgan fingerprint density at radius 1 is 0.731 bits per heavy atom. The molecule has 0 aliphatic rings. The van der Waals surface area contributed by atoms with Crippen molar-refractivity contribution in [2.75, 3.05) is 0 Å². The van der Waals surface area contributed by atoms with Crippen LogP contribution < -0.4 is 0 Å². The predicted octanol–water partition coefficient (Wildman–Crippen LogP) is 3.94. The number of aliphatic hydroxyl groups is 2. The second-order valence-electron chi connectivity index (χ2n) is 5.81. The lowest BCUT2D eigenvalue weighted by Crippen LogP contribution is -2.25. The quantitative estimate of drug-likeness (QED) is 0.703. The monoisotopic (exact) mass is 350 g/mol. The third-order valence-electron chi connectivity index (χ3n) is 4.03. The predicted molar refractivity (Wildman–Crippen MR) is 95.0 cm³/mol. The highest BCUT2D eigenvalue weighted by molar-refractivity contribution is 5.45. The molecule has 0 saturated carbocycles. The molecule has 0 fully saturated rings. The maximum absolute atomic E-state index is 13.3. The fourth-order valence-corrected chi connectivity index (χ4v) is 2.58. The standard InChI is InChI=1S/C22H16F2O2/c23-19-10-6-17(7-11-19)22(26,18-8-12-20(24)13-9-18)15-14-21(25)16-4-2-1-3-5-16/h1-13,21,25-26H. The number of hydrogen-bond acceptors (Lipinski definition) is 2. The summed E-state index contributed by atoms with van der Waals surface area (Å²) in [7, 11) is 0. The van der Waals surface area contributed by atoms with Crippen LogP contribution in [0.2, 0.25) is 0 Å². The molecule has 0 heterocycles. The van der Waals surface area contributed by atoms with E-state index < -0.39 is 23.3 Å². The van der Waals surface area contributed by atoms with E-state index in [1.807, 2.05) is 6.07 Å². The van der Waals surface area contributed by atoms with Gasteiger partial charge in [-0.15, -0.1) is 0 Å². The van der Waals surface area contributed by atoms with Crippen LogP contribution in [-0.4, -0.2) is 10.2 Å². The summed E-state index contributed by atoms with van der Waals surface area (Å²) in [6, 6.07) is 19.2. The van der Waals surface area contributed by atoms with Gasteiger partial charge < -0.3 is 10.2 Å². The molecular weight excluding hydrogens is 334 g/mol. The molecule has 0 spiro atoms. The van der Waals surface area contributed by atoms with Crippen LogP contribution in [0.4, 0.5) is 8.78 Å². The first-order chi connectivity index (χ1) is 12.5. The highest BCUT2D eigenvalue weighted by Gasteiger charge is 2.30. The van der Waals surface area contributed by atoms with Crippen molar-refractivity contribution in [1.29, 1.82) is 0 Å². The summed E-state index contributed by atoms with van der Waals surface area (Å²) < 4.78 is 26.5. The molecule has 0 saturated heterocycles. The molecule has 3 aromatic rings. The van der Waals surface area contributed by atoms with Crippen molar-refractivity contribution in [1.82, 2.24) is 0 Å². The van der Waals surface area contributed by atoms with Crippen molar-refractivity contribution in [3.63, 3.8) is 0 Å². The normalized spacial score (nSPS) is 12.2. The van der Waals surface area contributed by atoms with E-state index in [1.54, 1.807) is 24.3 Å². The fourth-order valence-electron chi connectivity index (χ4n) is 2.58. The van der Waals surface area contributed by atoms with E-state index in [0.29, 0.717) is 16.7 Å². The Labute approximate surface area is 150 Å². The van der Waals surface area contributed by atoms with Crippen LogP contribution in [0.15, 0.2) is 78.9 Å². The third kappa shape index (κ3) is 3.80. The molecule has 0 aromatic heterocycles. The number of aliphatic hydroxyl groups excluding tert-OH is 1. The molecule has 0 aliphatic heterocycles. The van der Waals surface area contributed by atoms with Gasteiger partial charge in [0.1, 0.15) is 17.7 Å². The van der Waals surface area contributed by atoms with Crippen molar-refractivity contribution in [2.24, 2.45) is 0 Å². The summed E-state index contributed by atoms with van der Waals surface area (Å²) in [5, 5.41) is 21.5. The fraction of sp³-hybridized carbons (Fsp3) is 0.0909. The van der Waals surface area contributed by atoms with Crippen LogP contribution >= 0.6 is 0 Å². The Hall–Kier alpha value is -3.00. The second kappa shape index (κ2) is 7.49. The van der Waals surface area contributed by atoms with Gasteiger partial charge in [-0.25, -0.2) is 8.78 Å². The topological polar surface area (TPSA) is 40.5 Å². The molecule has 2 N–H and O–H groups in total. The maximum Gasteiger partial charge on any atom is 0.176 e. The smallest absolute Gasteiger partial charge is 0.176 e. The van der Waals surface area contributed by atoms with E-state index in [1.165, 1.54) is 48.5 Å². The van der Waals surface area contributed by atoms with Gasteiger partial charge in [0.2, 0.25) is 0 Å². The average molecular weight is 350 g/mol. The first kappa shape index (κ1) is 17.8. The van der Waals surface area contributed by atoms with E-state index >= 15 is 0 Å². The Balaban J connectivity index is 2.05. The molecule has 2 nitrogen and oxygen atoms in total. The van der Waals surface area contributed by atoms with Gasteiger partial charge in [0, 0.05) is 11.1 Å². The molecule has 0 bridgehead atoms. The Kier molecular flexibility index (Phi) is 5.13. The summed E-state index contributed by atoms with van der Waals surface area (Å²) in [5.74, 6) is 4.41. The molecule has 1 unspecified atom stereocenters. The van der Waals surface area contributed by atoms with Crippen LogP contribution in [0.3, 0.4) is 0 Å². The van der Waals surface area contributed by atoms with Gasteiger partial charge in [0.05, 0.1) is 0 Å². The van der Waals surface area contributed by atoms with Gasteiger partial charge in [-0.3, -0.25) is 0 Å². The highest BCUT2D eigenvalue weighted by atomic mass is 19.1. The summed E-state index contributed by atoms with van der Waals surface area (Å²) in [5.41, 5.74) is -0.603. The molecular formula is C22H16F2O2. The molecule has 26 heavy (non-hydrogen) atoms. The van der Waals surface area contributed by atoms with Gasteiger partial charge in [-0.1, -0.05) is 66.4 Å². The van der Waals surface area contributed by atoms with E-state index in [4.69, 9.17) is 0 Å². The van der Waals surface area contributed by atoms with E-state index in [-0.39, 0.29) is 0 Å². The number of halogens is 2. The molecule has 0 amide bonds. The number of hydrogen-bond donors (Lipinski definition) is 2. The zero-order valence-electron chi connectivity index (χ0n) is 13.7. The van der Waals surface area contributed by atoms with Crippen LogP contribution in [-0.2, 0) is 5.60 Å². The number of benzene rings is 3. The van der Waals surface area contributed by atoms with Crippen molar-refractivity contribution in [3.8, 4) is 11.8 Å². The molecule has 0 radical (unpaired) electrons. The van der Waals surface area contributed by atoms with Crippen LogP contribution in [0.25, 0.3) is 0 Å². The van der Waals surface area contributed by atoms with Gasteiger partial charge in [-0.2, -0.15) is 0 Å². The van der Waals surface area contributed by atoms with Crippen molar-refractivity contribution in [2.45, 2.75) is 11.7 Å². The molecule has 130 valence electrons. The van der Waals surface area contributed by atoms with Crippen molar-refractivity contribution in [3.05, 3.63) is 107 Å². The Bertz CT molecular complexity index is 878. The third-order valence-corrected chi connectivity index (χ3v) is 4.03. The van der Waals surface area contributed by atoms with E-state index in [0.717, 1.165) is 0 Å². The largest absolute Gasteiger partial charge is 0.376 e. The lowest BCUT2D eigenvalue weighted by Gasteiger charge is -2.24. The van der Waals surface area contributed by atoms with Crippen LogP contribution in [0.5, 0.6) is 0 Å². The summed E-state index contributed by atoms with van der Waals surface area (Å²) in [4.78, 5) is 0. The van der Waals surface area contributed by atoms with Crippen molar-refractivity contribution < 1.29 is 19.0 Å². The Morgan fingerprint density at radius 3 is 1.65 bits per heavy atom. The summed E-state index contributed by atoms with van der Waals surface area (Å²) in [6.07, 6.45) is -1.11. The molecule has 3 aromatic carbocycles. The lowest BCUT2D eigenvalue weighted by molar-refractivity contribution is 0.144. The average Bonchev–Trinajstić information content (AvgIpc) is 2.67. The molecule has 3 rings (SSSR count). The van der Waals surface area contributed by atoms with Gasteiger partial charge in [0.15, 0.2) is 5.60 Å².